The van der Waals surface area contributed by atoms with Crippen LogP contribution >= 0.6 is 0 Å². The molecule has 4 rings (SSSR count). The Morgan fingerprint density at radius 2 is 2.00 bits per heavy atom. The van der Waals surface area contributed by atoms with Gasteiger partial charge in [0.25, 0.3) is 11.5 Å². The zero-order chi connectivity index (χ0) is 16.7. The summed E-state index contributed by atoms with van der Waals surface area (Å²) in [5, 5.41) is 7.37. The van der Waals surface area contributed by atoms with Gasteiger partial charge in [-0.1, -0.05) is 18.2 Å². The van der Waals surface area contributed by atoms with E-state index < -0.39 is 0 Å². The van der Waals surface area contributed by atoms with Gasteiger partial charge in [0.2, 0.25) is 0 Å². The van der Waals surface area contributed by atoms with Gasteiger partial charge in [0.15, 0.2) is 5.69 Å². The summed E-state index contributed by atoms with van der Waals surface area (Å²) in [6, 6.07) is 12.6. The van der Waals surface area contributed by atoms with Crippen molar-refractivity contribution >= 4 is 22.4 Å². The number of amides is 1. The second-order valence-electron chi connectivity index (χ2n) is 5.70. The third-order valence-corrected chi connectivity index (χ3v) is 4.26. The predicted octanol–water partition coefficient (Wildman–Crippen LogP) is 2.13. The Morgan fingerprint density at radius 1 is 1.21 bits per heavy atom. The highest BCUT2D eigenvalue weighted by Gasteiger charge is 2.21. The van der Waals surface area contributed by atoms with E-state index in [9.17, 15) is 9.59 Å². The first-order valence-corrected chi connectivity index (χ1v) is 7.66. The molecule has 2 aromatic carbocycles. The highest BCUT2D eigenvalue weighted by atomic mass is 16.5. The van der Waals surface area contributed by atoms with Gasteiger partial charge in [-0.05, 0) is 29.8 Å². The highest BCUT2D eigenvalue weighted by Crippen LogP contribution is 2.29. The smallest absolute Gasteiger partial charge is 0.279 e. The van der Waals surface area contributed by atoms with Gasteiger partial charge in [0.1, 0.15) is 5.75 Å². The van der Waals surface area contributed by atoms with E-state index in [4.69, 9.17) is 4.74 Å². The summed E-state index contributed by atoms with van der Waals surface area (Å²) >= 11 is 0. The molecular formula is C18H15N3O3. The second-order valence-corrected chi connectivity index (χ2v) is 5.70. The number of anilines is 1. The minimum Gasteiger partial charge on any atom is -0.493 e. The summed E-state index contributed by atoms with van der Waals surface area (Å²) in [7, 11) is 1.70. The largest absolute Gasteiger partial charge is 0.493 e. The van der Waals surface area contributed by atoms with Crippen molar-refractivity contribution in [3.63, 3.8) is 0 Å². The van der Waals surface area contributed by atoms with Crippen molar-refractivity contribution in [1.29, 1.82) is 0 Å². The molecule has 120 valence electrons. The summed E-state index contributed by atoms with van der Waals surface area (Å²) in [6.07, 6.45) is 0.838. The van der Waals surface area contributed by atoms with Gasteiger partial charge in [-0.15, -0.1) is 0 Å². The fourth-order valence-electron chi connectivity index (χ4n) is 2.94. The molecule has 0 saturated carbocycles. The standard InChI is InChI=1S/C18H15N3O3/c1-21(12-6-7-15-11(10-12)8-9-24-15)18(23)16-13-4-2-3-5-14(13)17(22)20-19-16/h2-7,10H,8-9H2,1H3,(H,20,22). The maximum absolute atomic E-state index is 12.9. The number of hydrogen-bond donors (Lipinski definition) is 1. The van der Waals surface area contributed by atoms with Crippen LogP contribution in [-0.4, -0.2) is 29.8 Å². The molecule has 1 aromatic heterocycles. The number of H-pyrrole nitrogens is 1. The molecule has 0 aliphatic carbocycles. The molecule has 1 amide bonds. The SMILES string of the molecule is CN(C(=O)c1n[nH]c(=O)c2ccccc12)c1ccc2c(c1)CCO2. The normalized spacial score (nSPS) is 12.7. The Bertz CT molecular complexity index is 1010. The monoisotopic (exact) mass is 321 g/mol. The van der Waals surface area contributed by atoms with Crippen LogP contribution in [0.1, 0.15) is 16.1 Å². The van der Waals surface area contributed by atoms with E-state index in [2.05, 4.69) is 10.2 Å². The maximum atomic E-state index is 12.9. The Labute approximate surface area is 137 Å². The molecule has 1 aliphatic rings. The molecule has 24 heavy (non-hydrogen) atoms. The quantitative estimate of drug-likeness (QED) is 0.784. The van der Waals surface area contributed by atoms with Gasteiger partial charge in [0.05, 0.1) is 12.0 Å². The van der Waals surface area contributed by atoms with Crippen molar-refractivity contribution in [2.45, 2.75) is 6.42 Å². The molecule has 0 unspecified atom stereocenters. The molecule has 3 aromatic rings. The summed E-state index contributed by atoms with van der Waals surface area (Å²) < 4.78 is 5.49. The van der Waals surface area contributed by atoms with Crippen molar-refractivity contribution in [3.8, 4) is 5.75 Å². The van der Waals surface area contributed by atoms with Crippen molar-refractivity contribution < 1.29 is 9.53 Å². The van der Waals surface area contributed by atoms with E-state index in [1.807, 2.05) is 18.2 Å². The third-order valence-electron chi connectivity index (χ3n) is 4.26. The summed E-state index contributed by atoms with van der Waals surface area (Å²) in [4.78, 5) is 26.3. The lowest BCUT2D eigenvalue weighted by Gasteiger charge is -2.18. The molecule has 6 nitrogen and oxygen atoms in total. The van der Waals surface area contributed by atoms with E-state index in [1.54, 1.807) is 31.3 Å². The van der Waals surface area contributed by atoms with E-state index in [0.29, 0.717) is 17.4 Å². The molecule has 6 heteroatoms. The highest BCUT2D eigenvalue weighted by molar-refractivity contribution is 6.12. The number of ether oxygens (including phenoxy) is 1. The van der Waals surface area contributed by atoms with Crippen molar-refractivity contribution in [3.05, 3.63) is 64.1 Å². The first-order chi connectivity index (χ1) is 11.6. The molecule has 0 fully saturated rings. The van der Waals surface area contributed by atoms with E-state index in [1.165, 1.54) is 4.90 Å². The maximum Gasteiger partial charge on any atom is 0.279 e. The fourth-order valence-corrected chi connectivity index (χ4v) is 2.94. The van der Waals surface area contributed by atoms with Crippen molar-refractivity contribution in [1.82, 2.24) is 10.2 Å². The average molecular weight is 321 g/mol. The number of hydrogen-bond acceptors (Lipinski definition) is 4. The van der Waals surface area contributed by atoms with Gasteiger partial charge in [-0.2, -0.15) is 5.10 Å². The van der Waals surface area contributed by atoms with Crippen LogP contribution in [0.4, 0.5) is 5.69 Å². The van der Waals surface area contributed by atoms with Crippen molar-refractivity contribution in [2.75, 3.05) is 18.6 Å². The van der Waals surface area contributed by atoms with Crippen LogP contribution in [0.25, 0.3) is 10.8 Å². The van der Waals surface area contributed by atoms with Gasteiger partial charge in [-0.25, -0.2) is 5.10 Å². The summed E-state index contributed by atoms with van der Waals surface area (Å²) in [6.45, 7) is 0.669. The number of carbonyl (C=O) groups is 1. The topological polar surface area (TPSA) is 75.3 Å². The Hall–Kier alpha value is -3.15. The van der Waals surface area contributed by atoms with Crippen LogP contribution in [0, 0.1) is 0 Å². The van der Waals surface area contributed by atoms with Crippen LogP contribution in [0.15, 0.2) is 47.3 Å². The number of benzene rings is 2. The number of rotatable bonds is 2. The molecular weight excluding hydrogens is 306 g/mol. The van der Waals surface area contributed by atoms with E-state index >= 15 is 0 Å². The average Bonchev–Trinajstić information content (AvgIpc) is 3.09. The zero-order valence-corrected chi connectivity index (χ0v) is 13.1. The number of aromatic amines is 1. The van der Waals surface area contributed by atoms with E-state index in [-0.39, 0.29) is 17.2 Å². The second kappa shape index (κ2) is 5.49. The van der Waals surface area contributed by atoms with Crippen LogP contribution in [0.5, 0.6) is 5.75 Å². The molecule has 2 heterocycles. The van der Waals surface area contributed by atoms with E-state index in [0.717, 1.165) is 23.4 Å². The Kier molecular flexibility index (Phi) is 3.30. The number of carbonyl (C=O) groups excluding carboxylic acids is 1. The molecule has 0 radical (unpaired) electrons. The lowest BCUT2D eigenvalue weighted by molar-refractivity contribution is 0.0989. The van der Waals surface area contributed by atoms with Gasteiger partial charge in [0, 0.05) is 24.5 Å². The number of nitrogens with one attached hydrogen (secondary N) is 1. The number of fused-ring (bicyclic) bond motifs is 2. The van der Waals surface area contributed by atoms with Gasteiger partial charge < -0.3 is 9.64 Å². The summed E-state index contributed by atoms with van der Waals surface area (Å²) in [5.74, 6) is 0.591. The van der Waals surface area contributed by atoms with Crippen LogP contribution in [-0.2, 0) is 6.42 Å². The van der Waals surface area contributed by atoms with Gasteiger partial charge in [-0.3, -0.25) is 9.59 Å². The first kappa shape index (κ1) is 14.4. The van der Waals surface area contributed by atoms with Crippen LogP contribution in [0.2, 0.25) is 0 Å². The first-order valence-electron chi connectivity index (χ1n) is 7.66. The molecule has 1 aliphatic heterocycles. The summed E-state index contributed by atoms with van der Waals surface area (Å²) in [5.41, 5.74) is 1.77. The fraction of sp³-hybridized carbons (Fsp3) is 0.167. The predicted molar refractivity (Wildman–Crippen MR) is 90.7 cm³/mol. The van der Waals surface area contributed by atoms with Crippen molar-refractivity contribution in [2.24, 2.45) is 0 Å². The molecule has 0 bridgehead atoms. The lowest BCUT2D eigenvalue weighted by atomic mass is 10.1. The van der Waals surface area contributed by atoms with Crippen LogP contribution in [0.3, 0.4) is 0 Å². The molecule has 0 spiro atoms. The van der Waals surface area contributed by atoms with Gasteiger partial charge >= 0.3 is 0 Å². The number of nitrogens with zero attached hydrogens (tertiary/aromatic N) is 2. The lowest BCUT2D eigenvalue weighted by Crippen LogP contribution is -2.28. The zero-order valence-electron chi connectivity index (χ0n) is 13.1. The minimum absolute atomic E-state index is 0.226. The molecule has 0 saturated heterocycles. The Morgan fingerprint density at radius 3 is 2.83 bits per heavy atom. The Balaban J connectivity index is 1.76. The molecule has 1 N–H and O–H groups in total. The molecule has 0 atom stereocenters. The third kappa shape index (κ3) is 2.23. The number of aromatic nitrogens is 2. The minimum atomic E-state index is -0.306. The van der Waals surface area contributed by atoms with Crippen LogP contribution < -0.4 is 15.2 Å².